The molecule has 0 unspecified atom stereocenters. The van der Waals surface area contributed by atoms with Crippen molar-refractivity contribution in [2.45, 2.75) is 0 Å². The van der Waals surface area contributed by atoms with Crippen molar-refractivity contribution in [2.75, 3.05) is 11.5 Å². The van der Waals surface area contributed by atoms with E-state index in [2.05, 4.69) is 30.6 Å². The third-order valence-corrected chi connectivity index (χ3v) is 4.50. The van der Waals surface area contributed by atoms with Crippen molar-refractivity contribution >= 4 is 34.9 Å². The first-order chi connectivity index (χ1) is 17.5. The maximum Gasteiger partial charge on any atom is 0.362 e. The first kappa shape index (κ1) is 23.9. The van der Waals surface area contributed by atoms with Crippen LogP contribution >= 0.6 is 0 Å². The number of nitrogens with zero attached hydrogens (tertiary/aromatic N) is 7. The van der Waals surface area contributed by atoms with E-state index in [4.69, 9.17) is 11.5 Å². The van der Waals surface area contributed by atoms with Crippen LogP contribution in [0.3, 0.4) is 0 Å². The maximum atomic E-state index is 12.4. The van der Waals surface area contributed by atoms with E-state index in [1.54, 1.807) is 9.97 Å². The molecule has 3 aromatic heterocycles. The molecule has 0 amide bonds. The van der Waals surface area contributed by atoms with E-state index in [9.17, 15) is 39.0 Å². The highest BCUT2D eigenvalue weighted by Crippen LogP contribution is 2.29. The Balaban J connectivity index is 2.01. The second-order valence-corrected chi connectivity index (χ2v) is 6.93. The highest BCUT2D eigenvalue weighted by molar-refractivity contribution is 5.85. The number of hydrogen-bond donors (Lipinski definition) is 7. The van der Waals surface area contributed by atoms with E-state index >= 15 is 0 Å². The van der Waals surface area contributed by atoms with Crippen LogP contribution in [0.2, 0.25) is 0 Å². The molecule has 4 rings (SSSR count). The van der Waals surface area contributed by atoms with Gasteiger partial charge in [0, 0.05) is 0 Å². The van der Waals surface area contributed by atoms with Gasteiger partial charge in [0.1, 0.15) is 5.82 Å². The van der Waals surface area contributed by atoms with Crippen LogP contribution in [0.25, 0.3) is 11.4 Å². The Morgan fingerprint density at radius 3 is 1.70 bits per heavy atom. The molecule has 0 atom stereocenters. The highest BCUT2D eigenvalue weighted by atomic mass is 16.4. The molecular weight excluding hydrogens is 500 g/mol. The van der Waals surface area contributed by atoms with E-state index in [1.165, 1.54) is 0 Å². The third kappa shape index (κ3) is 4.46. The van der Waals surface area contributed by atoms with Gasteiger partial charge < -0.3 is 21.7 Å². The lowest BCUT2D eigenvalue weighted by Crippen LogP contribution is -2.36. The fourth-order valence-electron chi connectivity index (χ4n) is 2.89. The number of benzene rings is 1. The van der Waals surface area contributed by atoms with Gasteiger partial charge >= 0.3 is 23.3 Å². The molecule has 0 spiro atoms. The van der Waals surface area contributed by atoms with E-state index < -0.39 is 45.8 Å². The van der Waals surface area contributed by atoms with Gasteiger partial charge in [-0.3, -0.25) is 24.7 Å². The Hall–Kier alpha value is -6.21. The van der Waals surface area contributed by atoms with Gasteiger partial charge in [-0.05, 0) is 18.2 Å². The van der Waals surface area contributed by atoms with E-state index in [0.29, 0.717) is 9.36 Å². The predicted octanol–water partition coefficient (Wildman–Crippen LogP) is -2.15. The molecule has 0 saturated carbocycles. The minimum absolute atomic E-state index is 0.0492. The summed E-state index contributed by atoms with van der Waals surface area (Å²) in [5, 5.41) is 39.1. The van der Waals surface area contributed by atoms with Crippen LogP contribution in [0, 0.1) is 0 Å². The lowest BCUT2D eigenvalue weighted by Gasteiger charge is -2.10. The minimum atomic E-state index is -1.75. The van der Waals surface area contributed by atoms with Gasteiger partial charge in [-0.2, -0.15) is 29.8 Å². The molecule has 0 bridgehead atoms. The Bertz CT molecular complexity index is 1730. The number of carbonyl (C=O) groups is 2. The summed E-state index contributed by atoms with van der Waals surface area (Å²) >= 11 is 0. The average Bonchev–Trinajstić information content (AvgIpc) is 3.14. The molecule has 0 aliphatic heterocycles. The average molecular weight is 512 g/mol. The number of aromatic amines is 3. The van der Waals surface area contributed by atoms with Crippen LogP contribution in [0.5, 0.6) is 0 Å². The molecule has 0 saturated heterocycles. The monoisotopic (exact) mass is 512 g/mol. The van der Waals surface area contributed by atoms with E-state index in [1.807, 2.05) is 0 Å². The van der Waals surface area contributed by atoms with Gasteiger partial charge in [-0.1, -0.05) is 0 Å². The molecule has 0 radical (unpaired) electrons. The molecule has 20 nitrogen and oxygen atoms in total. The number of anilines is 2. The van der Waals surface area contributed by atoms with Crippen molar-refractivity contribution in [1.82, 2.24) is 39.7 Å². The van der Waals surface area contributed by atoms with Crippen molar-refractivity contribution in [1.29, 1.82) is 0 Å². The lowest BCUT2D eigenvalue weighted by molar-refractivity contribution is 0.0675. The SMILES string of the molecule is Nc1n[nH]c(N)c1/N=N/c1cc(-n2nc(C(=O)O)c(=O)[nH]c2=O)cc(-n2nc(C(=O)O)c(=O)[nH]c2=O)c1. The van der Waals surface area contributed by atoms with Crippen LogP contribution < -0.4 is 34.0 Å². The van der Waals surface area contributed by atoms with Gasteiger partial charge in [0.2, 0.25) is 11.4 Å². The molecule has 4 aromatic rings. The number of carboxylic acids is 2. The molecule has 9 N–H and O–H groups in total. The second kappa shape index (κ2) is 8.86. The topological polar surface area (TPSA) is 316 Å². The van der Waals surface area contributed by atoms with Crippen molar-refractivity contribution in [2.24, 2.45) is 10.2 Å². The van der Waals surface area contributed by atoms with Crippen molar-refractivity contribution in [3.05, 3.63) is 71.3 Å². The molecule has 3 heterocycles. The van der Waals surface area contributed by atoms with Gasteiger partial charge in [0.05, 0.1) is 17.1 Å². The summed E-state index contributed by atoms with van der Waals surface area (Å²) < 4.78 is 0.922. The summed E-state index contributed by atoms with van der Waals surface area (Å²) in [5.41, 5.74) is 3.55. The molecule has 1 aromatic carbocycles. The van der Waals surface area contributed by atoms with Crippen molar-refractivity contribution < 1.29 is 19.8 Å². The minimum Gasteiger partial charge on any atom is -0.476 e. The van der Waals surface area contributed by atoms with E-state index in [-0.39, 0.29) is 34.4 Å². The molecule has 0 aliphatic carbocycles. The standard InChI is InChI=1S/C17H12N12O8/c18-10-7(11(19)25-24-10)23-22-4-1-5(28-16(36)20-12(30)8(26-28)14(32)33)3-6(2-4)29-17(37)21-13(31)9(27-29)15(34)35/h1-3H,(H,32,33)(H,34,35)(H,20,30,36)(H,21,31,37)(H5,18,19,24,25)/b23-22+. The zero-order valence-corrected chi connectivity index (χ0v) is 17.9. The lowest BCUT2D eigenvalue weighted by atomic mass is 10.2. The first-order valence-electron chi connectivity index (χ1n) is 9.57. The van der Waals surface area contributed by atoms with Gasteiger partial charge in [-0.15, -0.1) is 5.11 Å². The number of azo groups is 1. The molecule has 0 aliphatic rings. The molecule has 188 valence electrons. The maximum absolute atomic E-state index is 12.4. The van der Waals surface area contributed by atoms with Crippen LogP contribution in [-0.4, -0.2) is 61.9 Å². The summed E-state index contributed by atoms with van der Waals surface area (Å²) in [6.07, 6.45) is 0. The fraction of sp³-hybridized carbons (Fsp3) is 0. The molecular formula is C17H12N12O8. The highest BCUT2D eigenvalue weighted by Gasteiger charge is 2.18. The normalized spacial score (nSPS) is 11.1. The molecule has 20 heteroatoms. The Morgan fingerprint density at radius 1 is 0.811 bits per heavy atom. The molecule has 0 fully saturated rings. The van der Waals surface area contributed by atoms with E-state index in [0.717, 1.165) is 18.2 Å². The Morgan fingerprint density at radius 2 is 1.30 bits per heavy atom. The summed E-state index contributed by atoms with van der Waals surface area (Å²) in [4.78, 5) is 74.6. The Kier molecular flexibility index (Phi) is 5.73. The largest absolute Gasteiger partial charge is 0.476 e. The number of H-pyrrole nitrogens is 3. The van der Waals surface area contributed by atoms with Gasteiger partial charge in [0.15, 0.2) is 11.5 Å². The third-order valence-electron chi connectivity index (χ3n) is 4.50. The summed E-state index contributed by atoms with van der Waals surface area (Å²) in [6.45, 7) is 0. The fourth-order valence-corrected chi connectivity index (χ4v) is 2.89. The predicted molar refractivity (Wildman–Crippen MR) is 120 cm³/mol. The zero-order chi connectivity index (χ0) is 27.0. The zero-order valence-electron chi connectivity index (χ0n) is 17.9. The van der Waals surface area contributed by atoms with Crippen molar-refractivity contribution in [3.8, 4) is 11.4 Å². The summed E-state index contributed by atoms with van der Waals surface area (Å²) in [7, 11) is 0. The van der Waals surface area contributed by atoms with Crippen LogP contribution in [0.15, 0.2) is 47.6 Å². The number of nitrogens with two attached hydrogens (primary N) is 2. The summed E-state index contributed by atoms with van der Waals surface area (Å²) in [6, 6.07) is 3.30. The van der Waals surface area contributed by atoms with Crippen LogP contribution in [0.4, 0.5) is 23.0 Å². The number of aromatic nitrogens is 8. The quantitative estimate of drug-likeness (QED) is 0.136. The second-order valence-electron chi connectivity index (χ2n) is 6.93. The summed E-state index contributed by atoms with van der Waals surface area (Å²) in [5.74, 6) is -3.66. The number of aromatic carboxylic acids is 2. The van der Waals surface area contributed by atoms with Crippen LogP contribution in [-0.2, 0) is 0 Å². The smallest absolute Gasteiger partial charge is 0.362 e. The van der Waals surface area contributed by atoms with Gasteiger partial charge in [0.25, 0.3) is 11.1 Å². The van der Waals surface area contributed by atoms with Gasteiger partial charge in [-0.25, -0.2) is 19.2 Å². The number of nitrogens with one attached hydrogen (secondary N) is 3. The number of rotatable bonds is 6. The van der Waals surface area contributed by atoms with Crippen molar-refractivity contribution in [3.63, 3.8) is 0 Å². The molecule has 37 heavy (non-hydrogen) atoms. The number of carboxylic acid groups (broad SMARTS) is 2. The first-order valence-corrected chi connectivity index (χ1v) is 9.57. The number of hydrogen-bond acceptors (Lipinski definition) is 13. The Labute approximate surface area is 199 Å². The van der Waals surface area contributed by atoms with Crippen LogP contribution in [0.1, 0.15) is 21.0 Å². The number of nitrogen functional groups attached to an aromatic ring is 2.